The summed E-state index contributed by atoms with van der Waals surface area (Å²) in [5.74, 6) is -1.10. The largest absolute Gasteiger partial charge is 0.480 e. The topological polar surface area (TPSA) is 102 Å². The van der Waals surface area contributed by atoms with Gasteiger partial charge < -0.3 is 5.11 Å². The zero-order valence-corrected chi connectivity index (χ0v) is 18.3. The van der Waals surface area contributed by atoms with Crippen LogP contribution in [0.1, 0.15) is 17.3 Å². The minimum atomic E-state index is -1.10. The van der Waals surface area contributed by atoms with Crippen LogP contribution >= 0.6 is 11.6 Å². The predicted molar refractivity (Wildman–Crippen MR) is 125 cm³/mol. The van der Waals surface area contributed by atoms with E-state index in [4.69, 9.17) is 11.6 Å². The maximum Gasteiger partial charge on any atom is 0.327 e. The van der Waals surface area contributed by atoms with Gasteiger partial charge in [0.15, 0.2) is 11.2 Å². The van der Waals surface area contributed by atoms with E-state index in [0.29, 0.717) is 16.2 Å². The summed E-state index contributed by atoms with van der Waals surface area (Å²) in [6.07, 6.45) is 1.64. The van der Waals surface area contributed by atoms with Gasteiger partial charge in [-0.15, -0.1) is 10.2 Å². The molecule has 0 aliphatic rings. The molecule has 1 N–H and O–H groups in total. The highest BCUT2D eigenvalue weighted by molar-refractivity contribution is 6.30. The Morgan fingerprint density at radius 1 is 1.06 bits per heavy atom. The standard InChI is InChI=1S/C24H18ClN5O3/c1-14-20(16-7-9-17(25)10-8-16)22-27-26-21-18(30(22)28-14)11-12-29(23(21)31)19(24(32)33)13-15-5-3-2-4-6-15/h2-12,19H,13H2,1H3,(H,32,33)/t19-/m0/s1. The van der Waals surface area contributed by atoms with E-state index in [2.05, 4.69) is 15.3 Å². The number of carbonyl (C=O) groups is 1. The summed E-state index contributed by atoms with van der Waals surface area (Å²) in [5, 5.41) is 23.5. The number of hydrogen-bond donors (Lipinski definition) is 1. The lowest BCUT2D eigenvalue weighted by atomic mass is 10.1. The molecule has 9 heteroatoms. The fourth-order valence-electron chi connectivity index (χ4n) is 4.01. The van der Waals surface area contributed by atoms with Gasteiger partial charge in [-0.1, -0.05) is 54.1 Å². The third kappa shape index (κ3) is 3.64. The monoisotopic (exact) mass is 459 g/mol. The van der Waals surface area contributed by atoms with Crippen molar-refractivity contribution in [2.75, 3.05) is 0 Å². The van der Waals surface area contributed by atoms with Crippen LogP contribution in [0.15, 0.2) is 71.7 Å². The van der Waals surface area contributed by atoms with Crippen molar-refractivity contribution in [3.05, 3.63) is 93.5 Å². The van der Waals surface area contributed by atoms with Crippen LogP contribution in [0.25, 0.3) is 27.8 Å². The Bertz CT molecular complexity index is 1560. The van der Waals surface area contributed by atoms with Crippen LogP contribution < -0.4 is 5.56 Å². The van der Waals surface area contributed by atoms with Gasteiger partial charge >= 0.3 is 5.97 Å². The number of nitrogens with zero attached hydrogens (tertiary/aromatic N) is 5. The van der Waals surface area contributed by atoms with E-state index in [0.717, 1.165) is 22.4 Å². The smallest absolute Gasteiger partial charge is 0.327 e. The van der Waals surface area contributed by atoms with Crippen molar-refractivity contribution in [2.24, 2.45) is 0 Å². The number of benzene rings is 2. The van der Waals surface area contributed by atoms with E-state index in [1.807, 2.05) is 49.4 Å². The molecule has 164 valence electrons. The number of fused-ring (bicyclic) bond motifs is 3. The summed E-state index contributed by atoms with van der Waals surface area (Å²) in [6.45, 7) is 1.85. The minimum absolute atomic E-state index is 0.0504. The van der Waals surface area contributed by atoms with Crippen molar-refractivity contribution in [2.45, 2.75) is 19.4 Å². The van der Waals surface area contributed by atoms with Gasteiger partial charge in [-0.25, -0.2) is 9.31 Å². The van der Waals surface area contributed by atoms with Gasteiger partial charge in [0.1, 0.15) is 11.6 Å². The average Bonchev–Trinajstić information content (AvgIpc) is 3.15. The van der Waals surface area contributed by atoms with Crippen LogP contribution in [0.5, 0.6) is 0 Å². The van der Waals surface area contributed by atoms with E-state index in [1.54, 1.807) is 22.7 Å². The summed E-state index contributed by atoms with van der Waals surface area (Å²) in [5.41, 5.74) is 3.66. The lowest BCUT2D eigenvalue weighted by molar-refractivity contribution is -0.141. The van der Waals surface area contributed by atoms with Crippen LogP contribution in [-0.2, 0) is 11.2 Å². The first-order chi connectivity index (χ1) is 15.9. The third-order valence-corrected chi connectivity index (χ3v) is 5.86. The lowest BCUT2D eigenvalue weighted by Crippen LogP contribution is -2.31. The normalized spacial score (nSPS) is 12.3. The summed E-state index contributed by atoms with van der Waals surface area (Å²) in [7, 11) is 0. The molecule has 33 heavy (non-hydrogen) atoms. The molecule has 3 heterocycles. The number of pyridine rings is 1. The van der Waals surface area contributed by atoms with Gasteiger partial charge in [0, 0.05) is 17.6 Å². The third-order valence-electron chi connectivity index (χ3n) is 5.61. The molecule has 0 unspecified atom stereocenters. The Kier molecular flexibility index (Phi) is 5.14. The predicted octanol–water partition coefficient (Wildman–Crippen LogP) is 3.94. The second-order valence-electron chi connectivity index (χ2n) is 7.71. The highest BCUT2D eigenvalue weighted by Gasteiger charge is 2.24. The molecule has 0 radical (unpaired) electrons. The molecule has 0 fully saturated rings. The molecule has 1 atom stereocenters. The molecule has 0 saturated carbocycles. The number of rotatable bonds is 5. The lowest BCUT2D eigenvalue weighted by Gasteiger charge is -2.16. The number of aromatic nitrogens is 5. The van der Waals surface area contributed by atoms with Gasteiger partial charge in [0.25, 0.3) is 5.56 Å². The zero-order valence-electron chi connectivity index (χ0n) is 17.5. The Labute approximate surface area is 192 Å². The SMILES string of the molecule is Cc1nn2c(nnc3c(=O)n([C@@H](Cc4ccccc4)C(=O)O)ccc32)c1-c1ccc(Cl)cc1. The quantitative estimate of drug-likeness (QED) is 0.427. The molecule has 8 nitrogen and oxygen atoms in total. The van der Waals surface area contributed by atoms with Crippen molar-refractivity contribution >= 4 is 34.3 Å². The Hall–Kier alpha value is -4.04. The number of halogens is 1. The first-order valence-corrected chi connectivity index (χ1v) is 10.6. The number of hydrogen-bond acceptors (Lipinski definition) is 5. The van der Waals surface area contributed by atoms with E-state index in [9.17, 15) is 14.7 Å². The van der Waals surface area contributed by atoms with E-state index >= 15 is 0 Å². The molecule has 5 aromatic rings. The second kappa shape index (κ2) is 8.14. The fraction of sp³-hybridized carbons (Fsp3) is 0.125. The molecular formula is C24H18ClN5O3. The second-order valence-corrected chi connectivity index (χ2v) is 8.14. The van der Waals surface area contributed by atoms with Gasteiger partial charge in [-0.2, -0.15) is 5.10 Å². The van der Waals surface area contributed by atoms with Crippen LogP contribution in [-0.4, -0.2) is 35.5 Å². The summed E-state index contributed by atoms with van der Waals surface area (Å²) < 4.78 is 2.76. The number of aliphatic carboxylic acids is 1. The van der Waals surface area contributed by atoms with Gasteiger partial charge in [-0.3, -0.25) is 9.36 Å². The van der Waals surface area contributed by atoms with Gasteiger partial charge in [0.05, 0.1) is 11.3 Å². The van der Waals surface area contributed by atoms with E-state index in [1.165, 1.54) is 10.8 Å². The van der Waals surface area contributed by atoms with Crippen LogP contribution in [0.2, 0.25) is 5.02 Å². The zero-order chi connectivity index (χ0) is 23.1. The molecular weight excluding hydrogens is 442 g/mol. The molecule has 0 aliphatic carbocycles. The first-order valence-electron chi connectivity index (χ1n) is 10.2. The Morgan fingerprint density at radius 3 is 2.48 bits per heavy atom. The van der Waals surface area contributed by atoms with Gasteiger partial charge in [-0.05, 0) is 36.2 Å². The van der Waals surface area contributed by atoms with Crippen molar-refractivity contribution < 1.29 is 9.90 Å². The summed E-state index contributed by atoms with van der Waals surface area (Å²) in [4.78, 5) is 25.3. The molecule has 2 aromatic carbocycles. The maximum atomic E-state index is 13.2. The van der Waals surface area contributed by atoms with E-state index in [-0.39, 0.29) is 11.9 Å². The van der Waals surface area contributed by atoms with Gasteiger partial charge in [0.2, 0.25) is 0 Å². The first kappa shape index (κ1) is 20.8. The molecule has 5 rings (SSSR count). The Balaban J connectivity index is 1.65. The van der Waals surface area contributed by atoms with Crippen LogP contribution in [0.4, 0.5) is 0 Å². The van der Waals surface area contributed by atoms with E-state index < -0.39 is 17.6 Å². The summed E-state index contributed by atoms with van der Waals surface area (Å²) >= 11 is 6.01. The van der Waals surface area contributed by atoms with Crippen LogP contribution in [0.3, 0.4) is 0 Å². The molecule has 0 amide bonds. The molecule has 3 aromatic heterocycles. The molecule has 0 saturated heterocycles. The maximum absolute atomic E-state index is 13.2. The molecule has 0 bridgehead atoms. The molecule has 0 aliphatic heterocycles. The van der Waals surface area contributed by atoms with Crippen molar-refractivity contribution in [3.8, 4) is 11.1 Å². The number of aryl methyl sites for hydroxylation is 1. The number of carboxylic acid groups (broad SMARTS) is 1. The highest BCUT2D eigenvalue weighted by atomic mass is 35.5. The Morgan fingerprint density at radius 2 is 1.79 bits per heavy atom. The van der Waals surface area contributed by atoms with Crippen LogP contribution in [0, 0.1) is 6.92 Å². The highest BCUT2D eigenvalue weighted by Crippen LogP contribution is 2.29. The molecule has 0 spiro atoms. The fourth-order valence-corrected chi connectivity index (χ4v) is 4.13. The van der Waals surface area contributed by atoms with Crippen molar-refractivity contribution in [1.82, 2.24) is 24.4 Å². The number of carboxylic acids is 1. The average molecular weight is 460 g/mol. The van der Waals surface area contributed by atoms with Crippen molar-refractivity contribution in [3.63, 3.8) is 0 Å². The minimum Gasteiger partial charge on any atom is -0.480 e. The summed E-state index contributed by atoms with van der Waals surface area (Å²) in [6, 6.07) is 17.1. The van der Waals surface area contributed by atoms with Crippen molar-refractivity contribution in [1.29, 1.82) is 0 Å².